The molecule has 1 aromatic heterocycles. The van der Waals surface area contributed by atoms with Gasteiger partial charge in [0, 0.05) is 10.8 Å². The topological polar surface area (TPSA) is 13.1 Å². The number of fused-ring (bicyclic) bond motifs is 6. The molecule has 1 heteroatoms. The summed E-state index contributed by atoms with van der Waals surface area (Å²) in [4.78, 5) is 0. The molecule has 0 unspecified atom stereocenters. The summed E-state index contributed by atoms with van der Waals surface area (Å²) in [6.45, 7) is 0. The SMILES string of the molecule is [2H]c1c([2H])c([2H])c(Cc2c3c([2H])c([2H])c([2H])c([2H])c3c(-c3ccc(-c4ccc5c(c4)oc4cccc(-c6ccccc6)c45)c4ccccc34)c3c([2H])c([2H])c([2H])c([2H])c23)c([2H])c1[2H]. The molecule has 0 atom stereocenters. The quantitative estimate of drug-likeness (QED) is 0.169. The van der Waals surface area contributed by atoms with Crippen LogP contribution in [0.2, 0.25) is 0 Å². The van der Waals surface area contributed by atoms with Crippen molar-refractivity contribution in [2.45, 2.75) is 6.42 Å². The molecule has 0 aliphatic carbocycles. The van der Waals surface area contributed by atoms with Crippen LogP contribution in [0.25, 0.3) is 87.6 Å². The Labute approximate surface area is 308 Å². The van der Waals surface area contributed by atoms with E-state index in [0.29, 0.717) is 16.5 Å². The fourth-order valence-corrected chi connectivity index (χ4v) is 7.31. The molecule has 1 heterocycles. The summed E-state index contributed by atoms with van der Waals surface area (Å²) >= 11 is 0. The summed E-state index contributed by atoms with van der Waals surface area (Å²) in [6.07, 6.45) is -0.496. The molecule has 1 nitrogen and oxygen atoms in total. The van der Waals surface area contributed by atoms with Gasteiger partial charge < -0.3 is 4.42 Å². The van der Waals surface area contributed by atoms with Crippen LogP contribution in [0.3, 0.4) is 0 Å². The van der Waals surface area contributed by atoms with Gasteiger partial charge >= 0.3 is 0 Å². The van der Waals surface area contributed by atoms with Crippen LogP contribution in [0.5, 0.6) is 0 Å². The zero-order valence-electron chi connectivity index (χ0n) is 39.4. The summed E-state index contributed by atoms with van der Waals surface area (Å²) in [7, 11) is 0. The Morgan fingerprint density at radius 2 is 1.06 bits per heavy atom. The fraction of sp³-hybridized carbons (Fsp3) is 0.0204. The first-order valence-electron chi connectivity index (χ1n) is 22.7. The second-order valence-corrected chi connectivity index (χ2v) is 12.2. The number of hydrogen-bond donors (Lipinski definition) is 0. The molecule has 0 saturated heterocycles. The molecule has 9 aromatic carbocycles. The molecular weight excluding hydrogens is 605 g/mol. The summed E-state index contributed by atoms with van der Waals surface area (Å²) in [5.41, 5.74) is 5.55. The van der Waals surface area contributed by atoms with E-state index in [1.807, 2.05) is 78.9 Å². The molecule has 0 radical (unpaired) electrons. The molecule has 10 aromatic rings. The van der Waals surface area contributed by atoms with E-state index in [0.717, 1.165) is 44.0 Å². The first-order chi connectivity index (χ1) is 30.2. The van der Waals surface area contributed by atoms with E-state index in [4.69, 9.17) is 16.8 Å². The molecule has 0 aliphatic heterocycles. The Morgan fingerprint density at radius 3 is 1.80 bits per heavy atom. The van der Waals surface area contributed by atoms with Gasteiger partial charge in [-0.1, -0.05) is 163 Å². The molecule has 0 N–H and O–H groups in total. The van der Waals surface area contributed by atoms with Gasteiger partial charge in [-0.3, -0.25) is 0 Å². The third kappa shape index (κ3) is 4.55. The van der Waals surface area contributed by atoms with Crippen LogP contribution >= 0.6 is 0 Å². The molecule has 0 aliphatic rings. The summed E-state index contributed by atoms with van der Waals surface area (Å²) < 4.78 is 121. The monoisotopic (exact) mass is 649 g/mol. The van der Waals surface area contributed by atoms with Crippen LogP contribution in [0.4, 0.5) is 0 Å². The number of hydrogen-bond acceptors (Lipinski definition) is 1. The Hall–Kier alpha value is -6.44. The van der Waals surface area contributed by atoms with Gasteiger partial charge in [0.05, 0.1) is 17.8 Å². The van der Waals surface area contributed by atoms with Crippen LogP contribution in [0.1, 0.15) is 28.9 Å². The predicted octanol–water partition coefficient (Wildman–Crippen LogP) is 13.6. The maximum Gasteiger partial charge on any atom is 0.136 e. The maximum atomic E-state index is 9.39. The molecule has 0 bridgehead atoms. The van der Waals surface area contributed by atoms with Crippen molar-refractivity contribution in [3.05, 3.63) is 193 Å². The Balaban J connectivity index is 1.29. The Morgan fingerprint density at radius 1 is 0.420 bits per heavy atom. The lowest BCUT2D eigenvalue weighted by Crippen LogP contribution is -1.96. The van der Waals surface area contributed by atoms with Gasteiger partial charge in [-0.2, -0.15) is 0 Å². The number of furan rings is 1. The largest absolute Gasteiger partial charge is 0.456 e. The smallest absolute Gasteiger partial charge is 0.136 e. The van der Waals surface area contributed by atoms with Crippen molar-refractivity contribution >= 4 is 54.3 Å². The highest BCUT2D eigenvalue weighted by Gasteiger charge is 2.19. The average molecular weight is 650 g/mol. The second-order valence-electron chi connectivity index (χ2n) is 12.2. The highest BCUT2D eigenvalue weighted by atomic mass is 16.3. The molecule has 0 saturated carbocycles. The molecule has 234 valence electrons. The van der Waals surface area contributed by atoms with E-state index in [-0.39, 0.29) is 38.2 Å². The average Bonchev–Trinajstić information content (AvgIpc) is 3.69. The van der Waals surface area contributed by atoms with Crippen molar-refractivity contribution < 1.29 is 22.2 Å². The van der Waals surface area contributed by atoms with Gasteiger partial charge in [-0.25, -0.2) is 0 Å². The van der Waals surface area contributed by atoms with Crippen molar-refractivity contribution in [2.75, 3.05) is 0 Å². The molecule has 0 spiro atoms. The molecule has 50 heavy (non-hydrogen) atoms. The second kappa shape index (κ2) is 11.6. The van der Waals surface area contributed by atoms with Crippen molar-refractivity contribution in [1.29, 1.82) is 0 Å². The van der Waals surface area contributed by atoms with E-state index in [1.165, 1.54) is 0 Å². The summed E-state index contributed by atoms with van der Waals surface area (Å²) in [6, 6.07) is 26.1. The molecular formula is C49H32O. The zero-order chi connectivity index (χ0) is 44.3. The summed E-state index contributed by atoms with van der Waals surface area (Å²) in [5, 5.41) is 3.09. The molecule has 0 amide bonds. The van der Waals surface area contributed by atoms with Gasteiger partial charge in [0.15, 0.2) is 0 Å². The minimum Gasteiger partial charge on any atom is -0.456 e. The van der Waals surface area contributed by atoms with Crippen LogP contribution in [0.15, 0.2) is 186 Å². The van der Waals surface area contributed by atoms with Crippen molar-refractivity contribution in [2.24, 2.45) is 0 Å². The van der Waals surface area contributed by atoms with E-state index in [1.54, 1.807) is 6.07 Å². The van der Waals surface area contributed by atoms with Gasteiger partial charge in [0.25, 0.3) is 0 Å². The third-order valence-electron chi connectivity index (χ3n) is 9.47. The lowest BCUT2D eigenvalue weighted by Gasteiger charge is -2.19. The number of rotatable bonds is 5. The van der Waals surface area contributed by atoms with E-state index >= 15 is 0 Å². The maximum absolute atomic E-state index is 9.39. The van der Waals surface area contributed by atoms with Crippen molar-refractivity contribution in [3.63, 3.8) is 0 Å². The fourth-order valence-electron chi connectivity index (χ4n) is 7.31. The number of benzene rings is 9. The van der Waals surface area contributed by atoms with Crippen molar-refractivity contribution in [3.8, 4) is 33.4 Å². The molecule has 0 fully saturated rings. The highest BCUT2D eigenvalue weighted by molar-refractivity contribution is 6.20. The first-order valence-corrected chi connectivity index (χ1v) is 16.2. The predicted molar refractivity (Wildman–Crippen MR) is 212 cm³/mol. The standard InChI is InChI=1S/C49H32O/c1-3-14-32(15-4-1)30-45-39-20-9-11-22-41(39)48(42-23-12-10-21-40(42)45)43-29-28-35(37-18-7-8-19-38(37)43)34-26-27-44-47(31-34)50-46-25-13-24-36(49(44)46)33-16-5-2-6-17-33/h1-29,31H,30H2/i1D,3D,4D,9D,10D,11D,12D,14D,15D,20D,21D,22D,23D. The van der Waals surface area contributed by atoms with Gasteiger partial charge in [-0.05, 0) is 101 Å². The Kier molecular flexibility index (Phi) is 4.26. The highest BCUT2D eigenvalue weighted by Crippen LogP contribution is 2.45. The minimum absolute atomic E-state index is 0.0169. The van der Waals surface area contributed by atoms with Gasteiger partial charge in [0.2, 0.25) is 0 Å². The minimum atomic E-state index is -0.618. The lowest BCUT2D eigenvalue weighted by molar-refractivity contribution is 0.669. The van der Waals surface area contributed by atoms with Crippen LogP contribution in [0, 0.1) is 0 Å². The van der Waals surface area contributed by atoms with E-state index in [2.05, 4.69) is 18.2 Å². The van der Waals surface area contributed by atoms with Crippen molar-refractivity contribution in [1.82, 2.24) is 0 Å². The zero-order valence-corrected chi connectivity index (χ0v) is 26.4. The summed E-state index contributed by atoms with van der Waals surface area (Å²) in [5.74, 6) is 0. The van der Waals surface area contributed by atoms with Gasteiger partial charge in [-0.15, -0.1) is 0 Å². The van der Waals surface area contributed by atoms with E-state index < -0.39 is 85.0 Å². The van der Waals surface area contributed by atoms with E-state index in [9.17, 15) is 5.48 Å². The first kappa shape index (κ1) is 18.4. The molecule has 10 rings (SSSR count). The Bertz CT molecular complexity index is 3520. The van der Waals surface area contributed by atoms with Gasteiger partial charge in [0.1, 0.15) is 11.2 Å². The van der Waals surface area contributed by atoms with Crippen LogP contribution in [-0.4, -0.2) is 0 Å². The van der Waals surface area contributed by atoms with Crippen LogP contribution < -0.4 is 0 Å². The third-order valence-corrected chi connectivity index (χ3v) is 9.47. The van der Waals surface area contributed by atoms with Crippen LogP contribution in [-0.2, 0) is 6.42 Å². The lowest BCUT2D eigenvalue weighted by atomic mass is 9.84. The normalized spacial score (nSPS) is 15.3.